The van der Waals surface area contributed by atoms with Crippen LogP contribution in [-0.4, -0.2) is 19.6 Å². The van der Waals surface area contributed by atoms with Crippen LogP contribution < -0.4 is 41.1 Å². The molecule has 1 aromatic heterocycles. The number of nitrogens with zero attached hydrogens (tertiary/aromatic N) is 1. The molecule has 2 aliphatic heterocycles. The predicted octanol–water partition coefficient (Wildman–Crippen LogP) is 7.43. The predicted molar refractivity (Wildman–Crippen MR) is 222 cm³/mol. The van der Waals surface area contributed by atoms with Gasteiger partial charge >= 0.3 is 6.92 Å². The summed E-state index contributed by atoms with van der Waals surface area (Å²) in [6.07, 6.45) is 0. The Kier molecular flexibility index (Phi) is 6.67. The molecule has 0 bridgehead atoms. The third kappa shape index (κ3) is 4.41. The second-order valence-electron chi connectivity index (χ2n) is 14.0. The highest BCUT2D eigenvalue weighted by Crippen LogP contribution is 2.42. The molecule has 0 saturated carbocycles. The number of aromatic nitrogens is 1. The molecule has 3 heterocycles. The zero-order valence-corrected chi connectivity index (χ0v) is 29.8. The smallest absolute Gasteiger partial charge is 0.434 e. The summed E-state index contributed by atoms with van der Waals surface area (Å²) < 4.78 is 16.4. The molecule has 0 amide bonds. The fraction of sp³-hybridized carbons (Fsp3) is 0. The number of hydrogen-bond donors (Lipinski definition) is 0. The summed E-state index contributed by atoms with van der Waals surface area (Å²) in [5, 5.41) is 7.75. The minimum Gasteiger partial charge on any atom is -0.551 e. The minimum atomic E-state index is -2.78. The Morgan fingerprint density at radius 1 is 0.415 bits per heavy atom. The Morgan fingerprint density at radius 3 is 1.58 bits per heavy atom. The summed E-state index contributed by atoms with van der Waals surface area (Å²) in [7, 11) is -2.78. The first-order chi connectivity index (χ1) is 26.3. The summed E-state index contributed by atoms with van der Waals surface area (Å²) in [6.45, 7) is -0.304. The molecule has 0 saturated heterocycles. The van der Waals surface area contributed by atoms with Gasteiger partial charge in [0, 0.05) is 33.3 Å². The quantitative estimate of drug-likeness (QED) is 0.138. The summed E-state index contributed by atoms with van der Waals surface area (Å²) in [6, 6.07) is 70.4. The standard InChI is InChI=1S/C48H32BNO2Si/c1-4-16-34(17-5-1)53(35-18-6-2-7-19-35,36-20-8-3-9-21-36)37-28-29-40-41-30-33(50-43-25-13-10-22-38(43)39-23-11-14-26-44(39)50)31-47-48(41)49(52-46(40)32-37)42-24-12-15-27-45(42)51-47/h1-32H. The van der Waals surface area contributed by atoms with Gasteiger partial charge in [0.05, 0.1) is 16.7 Å². The molecular formula is C48H32BNO2Si. The fourth-order valence-corrected chi connectivity index (χ4v) is 13.7. The molecule has 11 rings (SSSR count). The van der Waals surface area contributed by atoms with Crippen molar-refractivity contribution in [3.8, 4) is 34.1 Å². The Hall–Kier alpha value is -6.56. The number of ether oxygens (including phenoxy) is 1. The van der Waals surface area contributed by atoms with E-state index in [9.17, 15) is 0 Å². The van der Waals surface area contributed by atoms with Gasteiger partial charge < -0.3 is 14.0 Å². The maximum absolute atomic E-state index is 7.22. The molecule has 3 nitrogen and oxygen atoms in total. The number of hydrogen-bond acceptors (Lipinski definition) is 2. The SMILES string of the molecule is c1ccc([Si](c2ccccc2)(c2ccccc2)c2ccc3c(c2)OB2c4ccccc4Oc4cc(-n5c6ccccc6c6ccccc65)cc-3c42)cc1. The lowest BCUT2D eigenvalue weighted by molar-refractivity contribution is 0.479. The summed E-state index contributed by atoms with van der Waals surface area (Å²) in [4.78, 5) is 0. The van der Waals surface area contributed by atoms with Crippen LogP contribution in [0.5, 0.6) is 17.2 Å². The van der Waals surface area contributed by atoms with E-state index in [2.05, 4.69) is 193 Å². The molecule has 8 aromatic carbocycles. The van der Waals surface area contributed by atoms with Crippen molar-refractivity contribution in [1.82, 2.24) is 4.57 Å². The molecule has 53 heavy (non-hydrogen) atoms. The van der Waals surface area contributed by atoms with E-state index in [1.807, 2.05) is 6.07 Å². The third-order valence-corrected chi connectivity index (χ3v) is 16.0. The zero-order valence-electron chi connectivity index (χ0n) is 28.8. The van der Waals surface area contributed by atoms with Gasteiger partial charge in [0.15, 0.2) is 8.07 Å². The zero-order chi connectivity index (χ0) is 34.9. The van der Waals surface area contributed by atoms with Gasteiger partial charge in [-0.15, -0.1) is 0 Å². The second-order valence-corrected chi connectivity index (χ2v) is 17.8. The van der Waals surface area contributed by atoms with E-state index in [0.717, 1.165) is 45.0 Å². The van der Waals surface area contributed by atoms with Gasteiger partial charge in [-0.25, -0.2) is 0 Å². The van der Waals surface area contributed by atoms with E-state index >= 15 is 0 Å². The normalized spacial score (nSPS) is 12.8. The molecular weight excluding hydrogens is 661 g/mol. The highest BCUT2D eigenvalue weighted by atomic mass is 28.3. The molecule has 0 radical (unpaired) electrons. The third-order valence-electron chi connectivity index (χ3n) is 11.2. The van der Waals surface area contributed by atoms with Crippen molar-refractivity contribution < 1.29 is 9.39 Å². The van der Waals surface area contributed by atoms with Crippen LogP contribution in [0.2, 0.25) is 0 Å². The van der Waals surface area contributed by atoms with Crippen molar-refractivity contribution in [2.45, 2.75) is 0 Å². The van der Waals surface area contributed by atoms with Crippen LogP contribution in [0.15, 0.2) is 194 Å². The van der Waals surface area contributed by atoms with Crippen molar-refractivity contribution in [2.75, 3.05) is 0 Å². The van der Waals surface area contributed by atoms with E-state index in [4.69, 9.17) is 9.39 Å². The van der Waals surface area contributed by atoms with Crippen molar-refractivity contribution in [3.63, 3.8) is 0 Å². The number of benzene rings is 8. The number of para-hydroxylation sites is 3. The molecule has 9 aromatic rings. The van der Waals surface area contributed by atoms with E-state index in [0.29, 0.717) is 0 Å². The van der Waals surface area contributed by atoms with Crippen LogP contribution in [0.25, 0.3) is 38.6 Å². The summed E-state index contributed by atoms with van der Waals surface area (Å²) in [5.74, 6) is 2.55. The van der Waals surface area contributed by atoms with E-state index in [1.165, 1.54) is 42.6 Å². The highest BCUT2D eigenvalue weighted by Gasteiger charge is 2.44. The van der Waals surface area contributed by atoms with E-state index in [1.54, 1.807) is 0 Å². The average molecular weight is 694 g/mol. The first-order valence-electron chi connectivity index (χ1n) is 18.2. The molecule has 248 valence electrons. The van der Waals surface area contributed by atoms with Crippen LogP contribution >= 0.6 is 0 Å². The lowest BCUT2D eigenvalue weighted by atomic mass is 9.51. The highest BCUT2D eigenvalue weighted by molar-refractivity contribution is 7.20. The van der Waals surface area contributed by atoms with Crippen LogP contribution in [0.1, 0.15) is 0 Å². The lowest BCUT2D eigenvalue weighted by Crippen LogP contribution is -2.74. The van der Waals surface area contributed by atoms with Gasteiger partial charge in [0.1, 0.15) is 17.2 Å². The molecule has 5 heteroatoms. The lowest BCUT2D eigenvalue weighted by Gasteiger charge is -2.37. The van der Waals surface area contributed by atoms with Crippen molar-refractivity contribution in [2.24, 2.45) is 0 Å². The maximum atomic E-state index is 7.22. The van der Waals surface area contributed by atoms with Crippen LogP contribution in [0, 0.1) is 0 Å². The van der Waals surface area contributed by atoms with Gasteiger partial charge in [-0.3, -0.25) is 0 Å². The second kappa shape index (κ2) is 11.7. The van der Waals surface area contributed by atoms with Crippen molar-refractivity contribution in [1.29, 1.82) is 0 Å². The van der Waals surface area contributed by atoms with E-state index in [-0.39, 0.29) is 6.92 Å². The molecule has 0 aliphatic carbocycles. The molecule has 0 unspecified atom stereocenters. The summed E-state index contributed by atoms with van der Waals surface area (Å²) in [5.41, 5.74) is 7.72. The largest absolute Gasteiger partial charge is 0.551 e. The Labute approximate surface area is 309 Å². The summed E-state index contributed by atoms with van der Waals surface area (Å²) >= 11 is 0. The number of fused-ring (bicyclic) bond motifs is 7. The Bertz CT molecular complexity index is 2700. The van der Waals surface area contributed by atoms with Crippen LogP contribution in [0.3, 0.4) is 0 Å². The minimum absolute atomic E-state index is 0.304. The van der Waals surface area contributed by atoms with Gasteiger partial charge in [-0.2, -0.15) is 0 Å². The van der Waals surface area contributed by atoms with Crippen molar-refractivity contribution >= 4 is 68.5 Å². The average Bonchev–Trinajstić information content (AvgIpc) is 3.57. The molecule has 0 fully saturated rings. The topological polar surface area (TPSA) is 23.4 Å². The molecule has 0 spiro atoms. The number of rotatable bonds is 5. The first kappa shape index (κ1) is 30.1. The van der Waals surface area contributed by atoms with Crippen LogP contribution in [0.4, 0.5) is 0 Å². The van der Waals surface area contributed by atoms with Crippen molar-refractivity contribution in [3.05, 3.63) is 194 Å². The Balaban J connectivity index is 1.19. The van der Waals surface area contributed by atoms with Gasteiger partial charge in [-0.1, -0.05) is 158 Å². The van der Waals surface area contributed by atoms with Gasteiger partial charge in [-0.05, 0) is 56.6 Å². The molecule has 2 aliphatic rings. The van der Waals surface area contributed by atoms with E-state index < -0.39 is 8.07 Å². The van der Waals surface area contributed by atoms with Gasteiger partial charge in [0.25, 0.3) is 0 Å². The molecule has 0 N–H and O–H groups in total. The van der Waals surface area contributed by atoms with Gasteiger partial charge in [0.2, 0.25) is 0 Å². The Morgan fingerprint density at radius 2 is 0.962 bits per heavy atom. The maximum Gasteiger partial charge on any atom is 0.434 e. The monoisotopic (exact) mass is 693 g/mol. The fourth-order valence-electron chi connectivity index (χ4n) is 8.97. The van der Waals surface area contributed by atoms with Crippen LogP contribution in [-0.2, 0) is 0 Å². The first-order valence-corrected chi connectivity index (χ1v) is 20.2. The molecule has 0 atom stereocenters.